The van der Waals surface area contributed by atoms with Crippen LogP contribution in [0.4, 0.5) is 10.5 Å². The zero-order chi connectivity index (χ0) is 16.8. The van der Waals surface area contributed by atoms with Crippen LogP contribution < -0.4 is 5.32 Å². The number of thioether (sulfide) groups is 1. The average molecular weight is 355 g/mol. The van der Waals surface area contributed by atoms with Crippen molar-refractivity contribution in [3.8, 4) is 0 Å². The summed E-state index contributed by atoms with van der Waals surface area (Å²) < 4.78 is 6.05. The summed E-state index contributed by atoms with van der Waals surface area (Å²) in [6.45, 7) is 3.91. The number of hydrogen-bond acceptors (Lipinski definition) is 6. The molecule has 2 rings (SSSR count). The van der Waals surface area contributed by atoms with E-state index in [4.69, 9.17) is 16.3 Å². The van der Waals surface area contributed by atoms with Crippen molar-refractivity contribution in [2.75, 3.05) is 17.7 Å². The van der Waals surface area contributed by atoms with E-state index in [1.54, 1.807) is 25.1 Å². The fourth-order valence-corrected chi connectivity index (χ4v) is 2.53. The standard InChI is InChI=1S/C14H15ClN4O3S/c1-3-22-12(20)7-23-14-18-16-8-19(14)13(21)17-10-5-4-9(2)11(15)6-10/h4-6,8H,3,7H2,1-2H3,(H,17,21). The average Bonchev–Trinajstić information content (AvgIpc) is 2.98. The molecule has 0 bridgehead atoms. The van der Waals surface area contributed by atoms with Crippen molar-refractivity contribution in [3.05, 3.63) is 35.1 Å². The Morgan fingerprint density at radius 3 is 2.91 bits per heavy atom. The Hall–Kier alpha value is -2.06. The molecule has 0 radical (unpaired) electrons. The van der Waals surface area contributed by atoms with Gasteiger partial charge >= 0.3 is 12.0 Å². The highest BCUT2D eigenvalue weighted by atomic mass is 35.5. The normalized spacial score (nSPS) is 10.4. The van der Waals surface area contributed by atoms with E-state index < -0.39 is 6.03 Å². The summed E-state index contributed by atoms with van der Waals surface area (Å²) in [5, 5.41) is 11.1. The molecule has 0 saturated carbocycles. The van der Waals surface area contributed by atoms with Crippen LogP contribution >= 0.6 is 23.4 Å². The summed E-state index contributed by atoms with van der Waals surface area (Å²) in [7, 11) is 0. The van der Waals surface area contributed by atoms with Crippen molar-refractivity contribution in [3.63, 3.8) is 0 Å². The molecule has 0 spiro atoms. The molecular weight excluding hydrogens is 340 g/mol. The first kappa shape index (κ1) is 17.3. The summed E-state index contributed by atoms with van der Waals surface area (Å²) in [6, 6.07) is 4.77. The molecule has 7 nitrogen and oxygen atoms in total. The van der Waals surface area contributed by atoms with E-state index in [-0.39, 0.29) is 11.7 Å². The third-order valence-electron chi connectivity index (χ3n) is 2.78. The molecule has 0 atom stereocenters. The van der Waals surface area contributed by atoms with Crippen LogP contribution in [-0.2, 0) is 9.53 Å². The van der Waals surface area contributed by atoms with Gasteiger partial charge in [0.15, 0.2) is 5.16 Å². The summed E-state index contributed by atoms with van der Waals surface area (Å²) in [4.78, 5) is 23.6. The number of hydrogen-bond donors (Lipinski definition) is 1. The lowest BCUT2D eigenvalue weighted by Crippen LogP contribution is -2.20. The summed E-state index contributed by atoms with van der Waals surface area (Å²) >= 11 is 7.10. The zero-order valence-electron chi connectivity index (χ0n) is 12.6. The van der Waals surface area contributed by atoms with Crippen molar-refractivity contribution in [1.29, 1.82) is 0 Å². The number of carbonyl (C=O) groups is 2. The van der Waals surface area contributed by atoms with E-state index in [1.807, 2.05) is 6.92 Å². The second-order valence-corrected chi connectivity index (χ2v) is 5.82. The minimum absolute atomic E-state index is 0.0518. The molecular formula is C14H15ClN4O3S. The first-order valence-corrected chi connectivity index (χ1v) is 8.13. The molecule has 0 aliphatic heterocycles. The van der Waals surface area contributed by atoms with E-state index in [2.05, 4.69) is 15.5 Å². The Labute approximate surface area is 142 Å². The topological polar surface area (TPSA) is 86.1 Å². The molecule has 9 heteroatoms. The number of esters is 1. The van der Waals surface area contributed by atoms with E-state index in [9.17, 15) is 9.59 Å². The van der Waals surface area contributed by atoms with Crippen molar-refractivity contribution in [2.24, 2.45) is 0 Å². The molecule has 0 unspecified atom stereocenters. The Kier molecular flexibility index (Phi) is 6.00. The maximum absolute atomic E-state index is 12.3. The summed E-state index contributed by atoms with van der Waals surface area (Å²) in [5.41, 5.74) is 1.47. The highest BCUT2D eigenvalue weighted by Crippen LogP contribution is 2.21. The van der Waals surface area contributed by atoms with Crippen LogP contribution in [0.1, 0.15) is 12.5 Å². The molecule has 0 aliphatic carbocycles. The predicted molar refractivity (Wildman–Crippen MR) is 88.0 cm³/mol. The van der Waals surface area contributed by atoms with E-state index in [0.29, 0.717) is 22.5 Å². The second-order valence-electron chi connectivity index (χ2n) is 4.47. The fraction of sp³-hybridized carbons (Fsp3) is 0.286. The molecule has 1 aromatic heterocycles. The molecule has 23 heavy (non-hydrogen) atoms. The van der Waals surface area contributed by atoms with Gasteiger partial charge in [-0.2, -0.15) is 0 Å². The third kappa shape index (κ3) is 4.70. The number of amides is 1. The summed E-state index contributed by atoms with van der Waals surface area (Å²) in [6.07, 6.45) is 1.28. The van der Waals surface area contributed by atoms with Crippen LogP contribution in [0.5, 0.6) is 0 Å². The largest absolute Gasteiger partial charge is 0.465 e. The maximum Gasteiger partial charge on any atom is 0.333 e. The second kappa shape index (κ2) is 7.98. The Bertz CT molecular complexity index is 720. The molecule has 1 aromatic carbocycles. The molecule has 1 N–H and O–H groups in total. The minimum Gasteiger partial charge on any atom is -0.465 e. The predicted octanol–water partition coefficient (Wildman–Crippen LogP) is 2.98. The van der Waals surface area contributed by atoms with Crippen LogP contribution in [-0.4, -0.2) is 39.1 Å². The van der Waals surface area contributed by atoms with Crippen LogP contribution in [0.3, 0.4) is 0 Å². The van der Waals surface area contributed by atoms with Gasteiger partial charge < -0.3 is 10.1 Å². The SMILES string of the molecule is CCOC(=O)CSc1nncn1C(=O)Nc1ccc(C)c(Cl)c1. The van der Waals surface area contributed by atoms with Gasteiger partial charge in [-0.25, -0.2) is 9.36 Å². The van der Waals surface area contributed by atoms with Gasteiger partial charge in [0.05, 0.1) is 12.4 Å². The Morgan fingerprint density at radius 1 is 1.43 bits per heavy atom. The smallest absolute Gasteiger partial charge is 0.333 e. The number of rotatable bonds is 5. The summed E-state index contributed by atoms with van der Waals surface area (Å²) in [5.74, 6) is -0.325. The Balaban J connectivity index is 2.04. The number of benzene rings is 1. The number of aromatic nitrogens is 3. The first-order chi connectivity index (χ1) is 11.0. The van der Waals surface area contributed by atoms with Gasteiger partial charge in [0.25, 0.3) is 0 Å². The molecule has 122 valence electrons. The first-order valence-electron chi connectivity index (χ1n) is 6.77. The number of carbonyl (C=O) groups excluding carboxylic acids is 2. The maximum atomic E-state index is 12.3. The number of nitrogens with zero attached hydrogens (tertiary/aromatic N) is 3. The number of nitrogens with one attached hydrogen (secondary N) is 1. The number of aryl methyl sites for hydroxylation is 1. The number of halogens is 1. The minimum atomic E-state index is -0.443. The van der Waals surface area contributed by atoms with Gasteiger partial charge in [-0.1, -0.05) is 29.4 Å². The molecule has 0 aliphatic rings. The van der Waals surface area contributed by atoms with Crippen LogP contribution in [0.25, 0.3) is 0 Å². The zero-order valence-corrected chi connectivity index (χ0v) is 14.1. The van der Waals surface area contributed by atoms with Crippen LogP contribution in [0, 0.1) is 6.92 Å². The van der Waals surface area contributed by atoms with Gasteiger partial charge in [-0.05, 0) is 31.5 Å². The quantitative estimate of drug-likeness (QED) is 0.656. The lowest BCUT2D eigenvalue weighted by Gasteiger charge is -2.08. The fourth-order valence-electron chi connectivity index (χ4n) is 1.64. The van der Waals surface area contributed by atoms with Gasteiger partial charge in [0.2, 0.25) is 0 Å². The van der Waals surface area contributed by atoms with Crippen molar-refractivity contribution in [1.82, 2.24) is 14.8 Å². The van der Waals surface area contributed by atoms with Gasteiger partial charge in [0, 0.05) is 10.7 Å². The highest BCUT2D eigenvalue weighted by Gasteiger charge is 2.15. The molecule has 1 amide bonds. The van der Waals surface area contributed by atoms with Gasteiger partial charge in [-0.3, -0.25) is 4.79 Å². The molecule has 0 saturated heterocycles. The van der Waals surface area contributed by atoms with Crippen LogP contribution in [0.15, 0.2) is 29.7 Å². The number of anilines is 1. The van der Waals surface area contributed by atoms with Crippen molar-refractivity contribution in [2.45, 2.75) is 19.0 Å². The van der Waals surface area contributed by atoms with Crippen molar-refractivity contribution >= 4 is 41.1 Å². The lowest BCUT2D eigenvalue weighted by atomic mass is 10.2. The molecule has 2 aromatic rings. The molecule has 1 heterocycles. The van der Waals surface area contributed by atoms with Gasteiger partial charge in [-0.15, -0.1) is 10.2 Å². The Morgan fingerprint density at radius 2 is 2.22 bits per heavy atom. The lowest BCUT2D eigenvalue weighted by molar-refractivity contribution is -0.139. The van der Waals surface area contributed by atoms with Gasteiger partial charge in [0.1, 0.15) is 6.33 Å². The number of ether oxygens (including phenoxy) is 1. The molecule has 0 fully saturated rings. The van der Waals surface area contributed by atoms with Crippen molar-refractivity contribution < 1.29 is 14.3 Å². The third-order valence-corrected chi connectivity index (χ3v) is 4.11. The monoisotopic (exact) mass is 354 g/mol. The van der Waals surface area contributed by atoms with Crippen LogP contribution in [0.2, 0.25) is 5.02 Å². The van der Waals surface area contributed by atoms with E-state index >= 15 is 0 Å². The van der Waals surface area contributed by atoms with E-state index in [1.165, 1.54) is 10.9 Å². The highest BCUT2D eigenvalue weighted by molar-refractivity contribution is 7.99. The van der Waals surface area contributed by atoms with E-state index in [0.717, 1.165) is 17.3 Å².